The summed E-state index contributed by atoms with van der Waals surface area (Å²) < 4.78 is 5.83. The van der Waals surface area contributed by atoms with Crippen LogP contribution in [-0.2, 0) is 6.61 Å². The first-order valence-corrected chi connectivity index (χ1v) is 9.34. The van der Waals surface area contributed by atoms with Crippen molar-refractivity contribution in [2.45, 2.75) is 13.5 Å². The minimum atomic E-state index is -0.263. The first-order valence-electron chi connectivity index (χ1n) is 9.34. The molecule has 0 aliphatic rings. The van der Waals surface area contributed by atoms with E-state index >= 15 is 0 Å². The maximum atomic E-state index is 12.6. The van der Waals surface area contributed by atoms with Gasteiger partial charge in [-0.05, 0) is 48.9 Å². The molecule has 0 bridgehead atoms. The lowest BCUT2D eigenvalue weighted by molar-refractivity contribution is 0.0827. The second kappa shape index (κ2) is 9.06. The molecule has 0 saturated carbocycles. The Balaban J connectivity index is 1.68. The third-order valence-corrected chi connectivity index (χ3v) is 4.36. The summed E-state index contributed by atoms with van der Waals surface area (Å²) in [5.74, 6) is 0.240. The smallest absolute Gasteiger partial charge is 0.255 e. The number of nitrogens with one attached hydrogen (secondary N) is 1. The van der Waals surface area contributed by atoms with Crippen molar-refractivity contribution in [2.75, 3.05) is 19.4 Å². The zero-order chi connectivity index (χ0) is 20.8. The highest BCUT2D eigenvalue weighted by Crippen LogP contribution is 2.18. The molecule has 0 spiro atoms. The van der Waals surface area contributed by atoms with Crippen molar-refractivity contribution in [3.63, 3.8) is 0 Å². The molecular formula is C24H24N2O3. The van der Waals surface area contributed by atoms with Gasteiger partial charge in [0.1, 0.15) is 12.4 Å². The number of amides is 2. The number of rotatable bonds is 6. The van der Waals surface area contributed by atoms with Gasteiger partial charge in [-0.2, -0.15) is 0 Å². The molecule has 3 aromatic rings. The summed E-state index contributed by atoms with van der Waals surface area (Å²) in [4.78, 5) is 26.2. The molecule has 0 fully saturated rings. The fraction of sp³-hybridized carbons (Fsp3) is 0.167. The van der Waals surface area contributed by atoms with Crippen molar-refractivity contribution >= 4 is 17.5 Å². The molecule has 0 radical (unpaired) electrons. The third-order valence-electron chi connectivity index (χ3n) is 4.36. The quantitative estimate of drug-likeness (QED) is 0.675. The van der Waals surface area contributed by atoms with Gasteiger partial charge in [0.15, 0.2) is 0 Å². The van der Waals surface area contributed by atoms with Crippen LogP contribution >= 0.6 is 0 Å². The van der Waals surface area contributed by atoms with Gasteiger partial charge in [-0.15, -0.1) is 0 Å². The summed E-state index contributed by atoms with van der Waals surface area (Å²) in [6.45, 7) is 2.47. The molecule has 0 aliphatic carbocycles. The molecule has 1 N–H and O–H groups in total. The highest BCUT2D eigenvalue weighted by Gasteiger charge is 2.11. The van der Waals surface area contributed by atoms with Gasteiger partial charge in [0.2, 0.25) is 0 Å². The number of hydrogen-bond acceptors (Lipinski definition) is 3. The maximum absolute atomic E-state index is 12.6. The van der Waals surface area contributed by atoms with E-state index in [2.05, 4.69) is 11.4 Å². The van der Waals surface area contributed by atoms with E-state index in [1.54, 1.807) is 56.6 Å². The van der Waals surface area contributed by atoms with E-state index in [1.165, 1.54) is 10.5 Å². The van der Waals surface area contributed by atoms with Crippen LogP contribution < -0.4 is 10.1 Å². The van der Waals surface area contributed by atoms with Crippen molar-refractivity contribution < 1.29 is 14.3 Å². The monoisotopic (exact) mass is 388 g/mol. The number of hydrogen-bond donors (Lipinski definition) is 1. The van der Waals surface area contributed by atoms with Crippen LogP contribution in [0.2, 0.25) is 0 Å². The van der Waals surface area contributed by atoms with Gasteiger partial charge < -0.3 is 15.0 Å². The topological polar surface area (TPSA) is 58.6 Å². The average molecular weight is 388 g/mol. The normalized spacial score (nSPS) is 10.3. The predicted octanol–water partition coefficient (Wildman–Crippen LogP) is 4.53. The first kappa shape index (κ1) is 20.1. The number of carbonyl (C=O) groups is 2. The van der Waals surface area contributed by atoms with Crippen LogP contribution in [-0.4, -0.2) is 30.8 Å². The van der Waals surface area contributed by atoms with Crippen LogP contribution in [0.15, 0.2) is 72.8 Å². The van der Waals surface area contributed by atoms with Gasteiger partial charge in [0.05, 0.1) is 0 Å². The van der Waals surface area contributed by atoms with E-state index < -0.39 is 0 Å². The molecule has 0 heterocycles. The summed E-state index contributed by atoms with van der Waals surface area (Å²) in [6, 6.07) is 22.0. The van der Waals surface area contributed by atoms with Crippen molar-refractivity contribution in [1.82, 2.24) is 4.90 Å². The molecule has 29 heavy (non-hydrogen) atoms. The average Bonchev–Trinajstić information content (AvgIpc) is 2.72. The summed E-state index contributed by atoms with van der Waals surface area (Å²) in [5.41, 5.74) is 3.81. The molecule has 3 rings (SSSR count). The molecule has 2 amide bonds. The second-order valence-corrected chi connectivity index (χ2v) is 7.04. The van der Waals surface area contributed by atoms with Crippen molar-refractivity contribution in [2.24, 2.45) is 0 Å². The van der Waals surface area contributed by atoms with Gasteiger partial charge in [-0.1, -0.05) is 42.0 Å². The fourth-order valence-corrected chi connectivity index (χ4v) is 2.89. The van der Waals surface area contributed by atoms with E-state index in [0.29, 0.717) is 29.2 Å². The standard InChI is InChI=1S/C24H24N2O3/c1-17-7-4-8-18(13-17)16-29-22-12-6-9-19(15-22)23(27)25-21-11-5-10-20(14-21)24(28)26(2)3/h4-15H,16H2,1-3H3,(H,25,27). The number of aryl methyl sites for hydroxylation is 1. The third kappa shape index (κ3) is 5.45. The van der Waals surface area contributed by atoms with E-state index in [-0.39, 0.29) is 11.8 Å². The predicted molar refractivity (Wildman–Crippen MR) is 114 cm³/mol. The van der Waals surface area contributed by atoms with Crippen LogP contribution in [0.1, 0.15) is 31.8 Å². The van der Waals surface area contributed by atoms with Crippen LogP contribution in [0.25, 0.3) is 0 Å². The largest absolute Gasteiger partial charge is 0.489 e. The van der Waals surface area contributed by atoms with Crippen LogP contribution in [0, 0.1) is 6.92 Å². The van der Waals surface area contributed by atoms with E-state index in [0.717, 1.165) is 5.56 Å². The molecule has 0 atom stereocenters. The second-order valence-electron chi connectivity index (χ2n) is 7.04. The van der Waals surface area contributed by atoms with Crippen molar-refractivity contribution in [3.8, 4) is 5.75 Å². The van der Waals surface area contributed by atoms with Crippen molar-refractivity contribution in [3.05, 3.63) is 95.1 Å². The minimum absolute atomic E-state index is 0.118. The summed E-state index contributed by atoms with van der Waals surface area (Å²) >= 11 is 0. The number of benzene rings is 3. The van der Waals surface area contributed by atoms with E-state index in [4.69, 9.17) is 4.74 Å². The van der Waals surface area contributed by atoms with Gasteiger partial charge in [-0.25, -0.2) is 0 Å². The minimum Gasteiger partial charge on any atom is -0.489 e. The summed E-state index contributed by atoms with van der Waals surface area (Å²) in [7, 11) is 3.38. The lowest BCUT2D eigenvalue weighted by atomic mass is 10.1. The summed E-state index contributed by atoms with van der Waals surface area (Å²) in [5, 5.41) is 2.84. The SMILES string of the molecule is Cc1cccc(COc2cccc(C(=O)Nc3cccc(C(=O)N(C)C)c3)c2)c1. The number of anilines is 1. The number of carbonyl (C=O) groups excluding carboxylic acids is 2. The Morgan fingerprint density at radius 3 is 2.38 bits per heavy atom. The molecule has 5 heteroatoms. The Labute approximate surface area is 170 Å². The van der Waals surface area contributed by atoms with Gasteiger partial charge in [-0.3, -0.25) is 9.59 Å². The molecule has 0 saturated heterocycles. The van der Waals surface area contributed by atoms with Crippen LogP contribution in [0.5, 0.6) is 5.75 Å². The first-order chi connectivity index (χ1) is 13.9. The zero-order valence-electron chi connectivity index (χ0n) is 16.8. The lowest BCUT2D eigenvalue weighted by Gasteiger charge is -2.12. The Hall–Kier alpha value is -3.60. The molecule has 0 aliphatic heterocycles. The van der Waals surface area contributed by atoms with Gasteiger partial charge in [0.25, 0.3) is 11.8 Å². The number of nitrogens with zero attached hydrogens (tertiary/aromatic N) is 1. The Morgan fingerprint density at radius 2 is 1.62 bits per heavy atom. The fourth-order valence-electron chi connectivity index (χ4n) is 2.89. The summed E-state index contributed by atoms with van der Waals surface area (Å²) in [6.07, 6.45) is 0. The molecule has 3 aromatic carbocycles. The zero-order valence-corrected chi connectivity index (χ0v) is 16.8. The Bertz CT molecular complexity index is 1030. The maximum Gasteiger partial charge on any atom is 0.255 e. The molecule has 0 unspecified atom stereocenters. The van der Waals surface area contributed by atoms with E-state index in [9.17, 15) is 9.59 Å². The van der Waals surface area contributed by atoms with Crippen LogP contribution in [0.4, 0.5) is 5.69 Å². The van der Waals surface area contributed by atoms with E-state index in [1.807, 2.05) is 31.2 Å². The Morgan fingerprint density at radius 1 is 0.897 bits per heavy atom. The molecule has 0 aromatic heterocycles. The molecule has 148 valence electrons. The highest BCUT2D eigenvalue weighted by atomic mass is 16.5. The highest BCUT2D eigenvalue weighted by molar-refractivity contribution is 6.05. The molecule has 5 nitrogen and oxygen atoms in total. The lowest BCUT2D eigenvalue weighted by Crippen LogP contribution is -2.22. The van der Waals surface area contributed by atoms with Gasteiger partial charge in [0, 0.05) is 30.9 Å². The van der Waals surface area contributed by atoms with Gasteiger partial charge >= 0.3 is 0 Å². The number of ether oxygens (including phenoxy) is 1. The van der Waals surface area contributed by atoms with Crippen molar-refractivity contribution in [1.29, 1.82) is 0 Å². The molecular weight excluding hydrogens is 364 g/mol. The Kier molecular flexibility index (Phi) is 6.29. The van der Waals surface area contributed by atoms with Crippen LogP contribution in [0.3, 0.4) is 0 Å².